The summed E-state index contributed by atoms with van der Waals surface area (Å²) in [5.74, 6) is 0. The van der Waals surface area contributed by atoms with E-state index >= 15 is 0 Å². The third-order valence-corrected chi connectivity index (χ3v) is 7.87. The van der Waals surface area contributed by atoms with Crippen LogP contribution < -0.4 is 59.1 Å². The maximum Gasteiger partial charge on any atom is 1.00 e. The Morgan fingerprint density at radius 2 is 1.29 bits per heavy atom. The SMILES string of the molecule is O.O.O=P(O)(O)C(Sc1ccc(Cl)cc1)P(=O)(O)O.[H-].[H-].[Na+].[Na+]. The van der Waals surface area contributed by atoms with E-state index in [-0.39, 0.29) is 72.9 Å². The van der Waals surface area contributed by atoms with E-state index in [1.54, 1.807) is 0 Å². The van der Waals surface area contributed by atoms with Gasteiger partial charge >= 0.3 is 74.3 Å². The van der Waals surface area contributed by atoms with Gasteiger partial charge in [-0.25, -0.2) is 0 Å². The molecule has 1 aromatic rings. The molecule has 14 heteroatoms. The van der Waals surface area contributed by atoms with Crippen molar-refractivity contribution in [1.29, 1.82) is 0 Å². The van der Waals surface area contributed by atoms with Crippen molar-refractivity contribution >= 4 is 38.6 Å². The van der Waals surface area contributed by atoms with Gasteiger partial charge in [-0.05, 0) is 24.3 Å². The largest absolute Gasteiger partial charge is 1.00 e. The quantitative estimate of drug-likeness (QED) is 0.220. The maximum absolute atomic E-state index is 11.0. The molecule has 0 saturated heterocycles. The van der Waals surface area contributed by atoms with E-state index in [9.17, 15) is 9.13 Å². The van der Waals surface area contributed by atoms with Gasteiger partial charge in [0.25, 0.3) is 0 Å². The Bertz CT molecular complexity index is 480. The normalized spacial score (nSPS) is 10.6. The van der Waals surface area contributed by atoms with Crippen molar-refractivity contribution in [2.24, 2.45) is 0 Å². The average Bonchev–Trinajstić information content (AvgIpc) is 2.13. The Kier molecular flexibility index (Phi) is 18.3. The summed E-state index contributed by atoms with van der Waals surface area (Å²) < 4.78 is 19.9. The number of hydrogen-bond acceptors (Lipinski definition) is 3. The Morgan fingerprint density at radius 1 is 0.952 bits per heavy atom. The van der Waals surface area contributed by atoms with Gasteiger partial charge in [0, 0.05) is 9.92 Å². The second-order valence-electron chi connectivity index (χ2n) is 3.08. The van der Waals surface area contributed by atoms with Crippen molar-refractivity contribution < 1.29 is 102 Å². The van der Waals surface area contributed by atoms with E-state index in [1.165, 1.54) is 24.3 Å². The molecule has 0 aromatic heterocycles. The summed E-state index contributed by atoms with van der Waals surface area (Å²) in [5, 5.41) is 0.415. The molecule has 0 amide bonds. The average molecular weight is 403 g/mol. The molecule has 0 unspecified atom stereocenters. The molecule has 0 radical (unpaired) electrons. The van der Waals surface area contributed by atoms with Gasteiger partial charge in [0.1, 0.15) is 0 Å². The Labute approximate surface area is 177 Å². The van der Waals surface area contributed by atoms with E-state index < -0.39 is 19.9 Å². The molecular weight excluding hydrogens is 388 g/mol. The van der Waals surface area contributed by atoms with Gasteiger partial charge in [0.15, 0.2) is 0 Å². The van der Waals surface area contributed by atoms with E-state index in [0.29, 0.717) is 21.7 Å². The fraction of sp³-hybridized carbons (Fsp3) is 0.143. The molecule has 1 rings (SSSR count). The van der Waals surface area contributed by atoms with E-state index in [4.69, 9.17) is 31.2 Å². The van der Waals surface area contributed by atoms with Gasteiger partial charge in [0.05, 0.1) is 0 Å². The van der Waals surface area contributed by atoms with Crippen molar-refractivity contribution in [3.63, 3.8) is 0 Å². The Morgan fingerprint density at radius 3 is 1.57 bits per heavy atom. The minimum Gasteiger partial charge on any atom is -1.00 e. The summed E-state index contributed by atoms with van der Waals surface area (Å²) in [4.78, 5) is 35.9. The van der Waals surface area contributed by atoms with Crippen LogP contribution >= 0.6 is 38.6 Å². The molecule has 1 aromatic carbocycles. The smallest absolute Gasteiger partial charge is 1.00 e. The summed E-state index contributed by atoms with van der Waals surface area (Å²) in [6.45, 7) is 0. The van der Waals surface area contributed by atoms with Gasteiger partial charge in [0.2, 0.25) is 4.73 Å². The molecule has 0 saturated carbocycles. The number of hydrogen-bond donors (Lipinski definition) is 4. The zero-order valence-electron chi connectivity index (χ0n) is 13.2. The first-order chi connectivity index (χ1) is 7.60. The van der Waals surface area contributed by atoms with Crippen LogP contribution in [0.1, 0.15) is 2.85 Å². The van der Waals surface area contributed by atoms with Crippen LogP contribution in [0.5, 0.6) is 0 Å². The van der Waals surface area contributed by atoms with Crippen LogP contribution in [0.4, 0.5) is 0 Å². The zero-order valence-corrected chi connectivity index (χ0v) is 18.5. The molecule has 0 atom stereocenters. The van der Waals surface area contributed by atoms with Crippen LogP contribution in [0.3, 0.4) is 0 Å². The van der Waals surface area contributed by atoms with Crippen LogP contribution in [0.25, 0.3) is 0 Å². The minimum atomic E-state index is -4.91. The third kappa shape index (κ3) is 11.3. The molecule has 8 nitrogen and oxygen atoms in total. The second-order valence-corrected chi connectivity index (χ2v) is 9.19. The first kappa shape index (κ1) is 30.9. The standard InChI is InChI=1S/C7H9ClO6P2S.2Na.2H2O.2H/c8-5-1-3-6(4-2-5)17-7(15(9,10)11)16(12,13)14;;;;;;/h1-4,7H,(H2,9,10,11)(H2,12,13,14);;;2*1H2;;/q;2*+1;;;2*-1. The molecule has 116 valence electrons. The fourth-order valence-corrected chi connectivity index (χ4v) is 5.03. The van der Waals surface area contributed by atoms with Gasteiger partial charge < -0.3 is 33.4 Å². The van der Waals surface area contributed by atoms with Crippen molar-refractivity contribution in [2.45, 2.75) is 9.63 Å². The summed E-state index contributed by atoms with van der Waals surface area (Å²) in [7, 11) is -9.82. The monoisotopic (exact) mass is 402 g/mol. The van der Waals surface area contributed by atoms with Gasteiger partial charge in [-0.3, -0.25) is 9.13 Å². The minimum absolute atomic E-state index is 0. The molecule has 21 heavy (non-hydrogen) atoms. The maximum atomic E-state index is 11.0. The summed E-state index contributed by atoms with van der Waals surface area (Å²) in [5.41, 5.74) is 0. The molecule has 0 spiro atoms. The molecule has 0 bridgehead atoms. The molecule has 0 aliphatic carbocycles. The number of halogens is 1. The predicted octanol–water partition coefficient (Wildman–Crippen LogP) is -5.35. The first-order valence-electron chi connectivity index (χ1n) is 4.13. The summed E-state index contributed by atoms with van der Waals surface area (Å²) in [6.07, 6.45) is 0. The molecule has 0 heterocycles. The third-order valence-electron chi connectivity index (χ3n) is 1.63. The first-order valence-corrected chi connectivity index (χ1v) is 8.75. The molecule has 8 N–H and O–H groups in total. The van der Waals surface area contributed by atoms with Crippen LogP contribution in [0, 0.1) is 0 Å². The Balaban J connectivity index is -0.000000120. The Hall–Kier alpha value is 2.08. The van der Waals surface area contributed by atoms with Crippen molar-refractivity contribution in [2.75, 3.05) is 0 Å². The van der Waals surface area contributed by atoms with Gasteiger partial charge in [-0.2, -0.15) is 0 Å². The summed E-state index contributed by atoms with van der Waals surface area (Å²) >= 11 is 6.04. The van der Waals surface area contributed by atoms with Crippen LogP contribution in [-0.2, 0) is 9.13 Å². The summed E-state index contributed by atoms with van der Waals surface area (Å²) in [6, 6.07) is 5.76. The number of benzene rings is 1. The molecule has 0 aliphatic rings. The van der Waals surface area contributed by atoms with Crippen molar-refractivity contribution in [3.8, 4) is 0 Å². The van der Waals surface area contributed by atoms with E-state index in [1.807, 2.05) is 0 Å². The topological polar surface area (TPSA) is 178 Å². The van der Waals surface area contributed by atoms with Crippen molar-refractivity contribution in [3.05, 3.63) is 29.3 Å². The number of thioether (sulfide) groups is 1. The molecular formula is C7H15ClNa2O8P2S. The van der Waals surface area contributed by atoms with E-state index in [0.717, 1.165) is 0 Å². The van der Waals surface area contributed by atoms with Crippen LogP contribution in [0.15, 0.2) is 29.2 Å². The predicted molar refractivity (Wildman–Crippen MR) is 74.6 cm³/mol. The molecule has 0 fully saturated rings. The molecule has 0 aliphatic heterocycles. The number of rotatable bonds is 4. The van der Waals surface area contributed by atoms with Crippen LogP contribution in [-0.4, -0.2) is 35.3 Å². The zero-order chi connectivity index (χ0) is 13.3. The fourth-order valence-electron chi connectivity index (χ4n) is 0.968. The van der Waals surface area contributed by atoms with Gasteiger partial charge in [-0.1, -0.05) is 23.4 Å². The van der Waals surface area contributed by atoms with Gasteiger partial charge in [-0.15, -0.1) is 0 Å². The van der Waals surface area contributed by atoms with Crippen molar-refractivity contribution in [1.82, 2.24) is 0 Å². The second kappa shape index (κ2) is 12.4. The van der Waals surface area contributed by atoms with E-state index in [2.05, 4.69) is 0 Å². The van der Waals surface area contributed by atoms with Crippen LogP contribution in [0.2, 0.25) is 5.02 Å².